The molecule has 0 amide bonds. The van der Waals surface area contributed by atoms with Gasteiger partial charge in [0.25, 0.3) is 0 Å². The first kappa shape index (κ1) is 15.3. The van der Waals surface area contributed by atoms with Crippen LogP contribution in [0.2, 0.25) is 0 Å². The number of carbonyl (C=O) groups is 1. The van der Waals surface area contributed by atoms with Crippen molar-refractivity contribution in [2.75, 3.05) is 0 Å². The Kier molecular flexibility index (Phi) is 4.09. The maximum absolute atomic E-state index is 12.6. The normalized spacial score (nSPS) is 13.3. The first-order valence-electron chi connectivity index (χ1n) is 8.05. The summed E-state index contributed by atoms with van der Waals surface area (Å²) in [4.78, 5) is 12.6. The lowest BCUT2D eigenvalue weighted by Crippen LogP contribution is -2.37. The van der Waals surface area contributed by atoms with Gasteiger partial charge in [-0.25, -0.2) is 4.79 Å². The second-order valence-corrected chi connectivity index (χ2v) is 5.69. The molecule has 4 nitrogen and oxygen atoms in total. The van der Waals surface area contributed by atoms with Gasteiger partial charge in [-0.1, -0.05) is 54.6 Å². The molecular weight excluding hydrogens is 316 g/mol. The Morgan fingerprint density at radius 2 is 1.28 bits per heavy atom. The highest BCUT2D eigenvalue weighted by Crippen LogP contribution is 2.31. The standard InChI is InChI=1S/C21H16O4/c22-20(23-17-10-2-1-3-11-17)21-24-18-12-6-4-8-15(18)14-16-9-5-7-13-19(16)25-21/h1-13,21H,14H2. The molecule has 4 heteroatoms. The Morgan fingerprint density at radius 3 is 1.88 bits per heavy atom. The quantitative estimate of drug-likeness (QED) is 0.526. The van der Waals surface area contributed by atoms with E-state index in [0.29, 0.717) is 23.7 Å². The molecule has 0 saturated heterocycles. The van der Waals surface area contributed by atoms with Crippen LogP contribution in [0, 0.1) is 0 Å². The number of carbonyl (C=O) groups excluding carboxylic acids is 1. The van der Waals surface area contributed by atoms with Crippen LogP contribution in [0.4, 0.5) is 0 Å². The summed E-state index contributed by atoms with van der Waals surface area (Å²) in [5.74, 6) is 1.08. The van der Waals surface area contributed by atoms with Crippen LogP contribution in [0.25, 0.3) is 0 Å². The van der Waals surface area contributed by atoms with Crippen molar-refractivity contribution in [3.63, 3.8) is 0 Å². The zero-order chi connectivity index (χ0) is 17.1. The molecule has 1 aliphatic heterocycles. The highest BCUT2D eigenvalue weighted by molar-refractivity contribution is 5.77. The Balaban J connectivity index is 1.67. The number of benzene rings is 3. The molecule has 4 rings (SSSR count). The van der Waals surface area contributed by atoms with Crippen molar-refractivity contribution in [3.05, 3.63) is 90.0 Å². The number of fused-ring (bicyclic) bond motifs is 2. The summed E-state index contributed by atoms with van der Waals surface area (Å²) >= 11 is 0. The molecule has 0 unspecified atom stereocenters. The van der Waals surface area contributed by atoms with Crippen molar-refractivity contribution < 1.29 is 19.0 Å². The van der Waals surface area contributed by atoms with Crippen molar-refractivity contribution >= 4 is 5.97 Å². The van der Waals surface area contributed by atoms with E-state index in [1.807, 2.05) is 54.6 Å². The van der Waals surface area contributed by atoms with Crippen LogP contribution < -0.4 is 14.2 Å². The molecule has 3 aromatic carbocycles. The first-order chi connectivity index (χ1) is 12.3. The summed E-state index contributed by atoms with van der Waals surface area (Å²) in [5, 5.41) is 0. The van der Waals surface area contributed by atoms with E-state index < -0.39 is 12.3 Å². The topological polar surface area (TPSA) is 44.8 Å². The lowest BCUT2D eigenvalue weighted by atomic mass is 10.0. The fourth-order valence-corrected chi connectivity index (χ4v) is 2.74. The third-order valence-electron chi connectivity index (χ3n) is 3.95. The van der Waals surface area contributed by atoms with Crippen LogP contribution in [-0.4, -0.2) is 12.3 Å². The summed E-state index contributed by atoms with van der Waals surface area (Å²) < 4.78 is 17.1. The molecule has 3 aromatic rings. The fraction of sp³-hybridized carbons (Fsp3) is 0.0952. The second kappa shape index (κ2) is 6.69. The van der Waals surface area contributed by atoms with E-state index in [1.54, 1.807) is 24.3 Å². The third-order valence-corrected chi connectivity index (χ3v) is 3.95. The average Bonchev–Trinajstić information content (AvgIpc) is 2.62. The molecular formula is C21H16O4. The molecule has 0 radical (unpaired) electrons. The molecule has 1 heterocycles. The van der Waals surface area contributed by atoms with E-state index in [0.717, 1.165) is 11.1 Å². The predicted octanol–water partition coefficient (Wildman–Crippen LogP) is 3.98. The first-order valence-corrected chi connectivity index (χ1v) is 8.05. The van der Waals surface area contributed by atoms with Crippen LogP contribution >= 0.6 is 0 Å². The summed E-state index contributed by atoms with van der Waals surface area (Å²) in [5.41, 5.74) is 1.99. The number of para-hydroxylation sites is 3. The zero-order valence-corrected chi connectivity index (χ0v) is 13.4. The van der Waals surface area contributed by atoms with E-state index >= 15 is 0 Å². The molecule has 0 fully saturated rings. The van der Waals surface area contributed by atoms with Gasteiger partial charge in [0.1, 0.15) is 17.2 Å². The van der Waals surface area contributed by atoms with E-state index in [2.05, 4.69) is 0 Å². The molecule has 0 spiro atoms. The molecule has 0 atom stereocenters. The molecule has 0 bridgehead atoms. The van der Waals surface area contributed by atoms with Gasteiger partial charge >= 0.3 is 12.3 Å². The van der Waals surface area contributed by atoms with Gasteiger partial charge in [-0.2, -0.15) is 0 Å². The molecule has 0 aromatic heterocycles. The van der Waals surface area contributed by atoms with Crippen molar-refractivity contribution in [3.8, 4) is 17.2 Å². The molecule has 0 N–H and O–H groups in total. The van der Waals surface area contributed by atoms with Crippen LogP contribution in [0.15, 0.2) is 78.9 Å². The van der Waals surface area contributed by atoms with Crippen molar-refractivity contribution in [2.45, 2.75) is 12.7 Å². The minimum atomic E-state index is -1.18. The average molecular weight is 332 g/mol. The minimum Gasteiger partial charge on any atom is -0.445 e. The monoisotopic (exact) mass is 332 g/mol. The summed E-state index contributed by atoms with van der Waals surface area (Å²) in [6, 6.07) is 24.1. The van der Waals surface area contributed by atoms with Gasteiger partial charge in [0.15, 0.2) is 0 Å². The van der Waals surface area contributed by atoms with Gasteiger partial charge in [-0.3, -0.25) is 0 Å². The van der Waals surface area contributed by atoms with Gasteiger partial charge in [-0.15, -0.1) is 0 Å². The molecule has 1 aliphatic rings. The Hall–Kier alpha value is -3.27. The number of hydrogen-bond donors (Lipinski definition) is 0. The maximum Gasteiger partial charge on any atom is 0.394 e. The van der Waals surface area contributed by atoms with Crippen molar-refractivity contribution in [2.24, 2.45) is 0 Å². The van der Waals surface area contributed by atoms with Gasteiger partial charge in [0, 0.05) is 6.42 Å². The molecule has 124 valence electrons. The van der Waals surface area contributed by atoms with E-state index in [-0.39, 0.29) is 0 Å². The van der Waals surface area contributed by atoms with Crippen LogP contribution in [0.3, 0.4) is 0 Å². The Bertz CT molecular complexity index is 842. The van der Waals surface area contributed by atoms with Crippen molar-refractivity contribution in [1.82, 2.24) is 0 Å². The summed E-state index contributed by atoms with van der Waals surface area (Å²) in [6.45, 7) is 0. The SMILES string of the molecule is O=C(Oc1ccccc1)C1Oc2ccccc2Cc2ccccc2O1. The van der Waals surface area contributed by atoms with E-state index in [1.165, 1.54) is 0 Å². The van der Waals surface area contributed by atoms with Crippen LogP contribution in [-0.2, 0) is 11.2 Å². The number of ether oxygens (including phenoxy) is 3. The largest absolute Gasteiger partial charge is 0.445 e. The summed E-state index contributed by atoms with van der Waals surface area (Å²) in [6.07, 6.45) is -0.505. The smallest absolute Gasteiger partial charge is 0.394 e. The molecule has 0 aliphatic carbocycles. The second-order valence-electron chi connectivity index (χ2n) is 5.69. The highest BCUT2D eigenvalue weighted by Gasteiger charge is 2.28. The van der Waals surface area contributed by atoms with Crippen molar-refractivity contribution in [1.29, 1.82) is 0 Å². The maximum atomic E-state index is 12.6. The Labute approximate surface area is 145 Å². The van der Waals surface area contributed by atoms with Crippen LogP contribution in [0.5, 0.6) is 17.2 Å². The van der Waals surface area contributed by atoms with E-state index in [4.69, 9.17) is 14.2 Å². The Morgan fingerprint density at radius 1 is 0.760 bits per heavy atom. The lowest BCUT2D eigenvalue weighted by Gasteiger charge is -2.24. The molecule has 0 saturated carbocycles. The van der Waals surface area contributed by atoms with E-state index in [9.17, 15) is 4.79 Å². The number of rotatable bonds is 2. The zero-order valence-electron chi connectivity index (χ0n) is 13.4. The lowest BCUT2D eigenvalue weighted by molar-refractivity contribution is -0.155. The number of esters is 1. The number of hydrogen-bond acceptors (Lipinski definition) is 4. The van der Waals surface area contributed by atoms with Gasteiger partial charge < -0.3 is 14.2 Å². The molecule has 25 heavy (non-hydrogen) atoms. The van der Waals surface area contributed by atoms with Gasteiger partial charge in [-0.05, 0) is 35.4 Å². The van der Waals surface area contributed by atoms with Gasteiger partial charge in [0.2, 0.25) is 0 Å². The van der Waals surface area contributed by atoms with Gasteiger partial charge in [0.05, 0.1) is 0 Å². The minimum absolute atomic E-state index is 0.448. The fourth-order valence-electron chi connectivity index (χ4n) is 2.74. The highest BCUT2D eigenvalue weighted by atomic mass is 16.7. The van der Waals surface area contributed by atoms with Crippen LogP contribution in [0.1, 0.15) is 11.1 Å². The summed E-state index contributed by atoms with van der Waals surface area (Å²) in [7, 11) is 0. The predicted molar refractivity (Wildman–Crippen MR) is 92.8 cm³/mol. The third kappa shape index (κ3) is 3.33.